The van der Waals surface area contributed by atoms with Crippen LogP contribution in [0, 0.1) is 0 Å². The van der Waals surface area contributed by atoms with Crippen LogP contribution in [0.2, 0.25) is 5.15 Å². The SMILES string of the molecule is O=C(c1nc(Cl)cs1)N1CCCCC1c1n[nH]c(=O)[nH]1. The molecule has 1 aliphatic rings. The second-order valence-electron chi connectivity index (χ2n) is 4.55. The van der Waals surface area contributed by atoms with Crippen molar-refractivity contribution in [3.8, 4) is 0 Å². The van der Waals surface area contributed by atoms with Crippen molar-refractivity contribution >= 4 is 28.8 Å². The molecule has 3 heterocycles. The molecule has 2 N–H and O–H groups in total. The molecule has 1 unspecified atom stereocenters. The fourth-order valence-corrected chi connectivity index (χ4v) is 3.27. The standard InChI is InChI=1S/C11H12ClN5O2S/c12-7-5-20-9(13-7)10(18)17-4-2-1-3-6(17)8-14-11(19)16-15-8/h5-6H,1-4H2,(H2,14,15,16,19). The van der Waals surface area contributed by atoms with Crippen molar-refractivity contribution in [2.45, 2.75) is 25.3 Å². The number of aromatic nitrogens is 4. The van der Waals surface area contributed by atoms with Gasteiger partial charge in [-0.3, -0.25) is 9.78 Å². The van der Waals surface area contributed by atoms with E-state index >= 15 is 0 Å². The molecular formula is C11H12ClN5O2S. The summed E-state index contributed by atoms with van der Waals surface area (Å²) < 4.78 is 0. The Morgan fingerprint density at radius 2 is 2.35 bits per heavy atom. The first-order valence-corrected chi connectivity index (χ1v) is 7.47. The van der Waals surface area contributed by atoms with Crippen LogP contribution in [0.25, 0.3) is 0 Å². The van der Waals surface area contributed by atoms with Crippen LogP contribution >= 0.6 is 22.9 Å². The number of amides is 1. The van der Waals surface area contributed by atoms with Crippen LogP contribution in [-0.2, 0) is 0 Å². The van der Waals surface area contributed by atoms with Gasteiger partial charge in [0.1, 0.15) is 5.15 Å². The summed E-state index contributed by atoms with van der Waals surface area (Å²) in [5, 5.41) is 8.59. The second kappa shape index (κ2) is 5.37. The van der Waals surface area contributed by atoms with Crippen LogP contribution < -0.4 is 5.69 Å². The zero-order valence-corrected chi connectivity index (χ0v) is 12.0. The Morgan fingerprint density at radius 1 is 1.50 bits per heavy atom. The minimum absolute atomic E-state index is 0.171. The maximum atomic E-state index is 12.5. The van der Waals surface area contributed by atoms with Crippen molar-refractivity contribution in [3.05, 3.63) is 31.8 Å². The minimum Gasteiger partial charge on any atom is -0.326 e. The van der Waals surface area contributed by atoms with E-state index in [-0.39, 0.29) is 17.6 Å². The highest BCUT2D eigenvalue weighted by molar-refractivity contribution is 7.12. The summed E-state index contributed by atoms with van der Waals surface area (Å²) in [6.45, 7) is 0.621. The Hall–Kier alpha value is -1.67. The Kier molecular flexibility index (Phi) is 3.58. The van der Waals surface area contributed by atoms with Crippen LogP contribution in [0.15, 0.2) is 10.2 Å². The zero-order chi connectivity index (χ0) is 14.1. The summed E-state index contributed by atoms with van der Waals surface area (Å²) in [7, 11) is 0. The molecule has 2 aromatic rings. The summed E-state index contributed by atoms with van der Waals surface area (Å²) in [6, 6.07) is -0.224. The Morgan fingerprint density at radius 3 is 3.00 bits per heavy atom. The van der Waals surface area contributed by atoms with Crippen molar-refractivity contribution in [2.75, 3.05) is 6.54 Å². The van der Waals surface area contributed by atoms with Crippen LogP contribution in [0.3, 0.4) is 0 Å². The third-order valence-corrected chi connectivity index (χ3v) is 4.41. The van der Waals surface area contributed by atoms with Gasteiger partial charge in [-0.1, -0.05) is 11.6 Å². The molecule has 106 valence electrons. The Labute approximate surface area is 123 Å². The highest BCUT2D eigenvalue weighted by atomic mass is 35.5. The van der Waals surface area contributed by atoms with E-state index in [1.165, 1.54) is 11.3 Å². The number of nitrogens with one attached hydrogen (secondary N) is 2. The topological polar surface area (TPSA) is 94.7 Å². The van der Waals surface area contributed by atoms with Gasteiger partial charge in [-0.25, -0.2) is 14.9 Å². The first-order valence-electron chi connectivity index (χ1n) is 6.22. The molecule has 1 amide bonds. The van der Waals surface area contributed by atoms with Crippen molar-refractivity contribution in [1.29, 1.82) is 0 Å². The number of nitrogens with zero attached hydrogens (tertiary/aromatic N) is 3. The smallest absolute Gasteiger partial charge is 0.326 e. The summed E-state index contributed by atoms with van der Waals surface area (Å²) >= 11 is 6.98. The Bertz CT molecular complexity index is 678. The maximum Gasteiger partial charge on any atom is 0.340 e. The quantitative estimate of drug-likeness (QED) is 0.880. The van der Waals surface area contributed by atoms with Gasteiger partial charge in [0.25, 0.3) is 5.91 Å². The lowest BCUT2D eigenvalue weighted by molar-refractivity contribution is 0.0600. The summed E-state index contributed by atoms with van der Waals surface area (Å²) in [6.07, 6.45) is 2.68. The van der Waals surface area contributed by atoms with Gasteiger partial charge in [0, 0.05) is 11.9 Å². The van der Waals surface area contributed by atoms with E-state index in [0.29, 0.717) is 22.5 Å². The largest absolute Gasteiger partial charge is 0.340 e. The van der Waals surface area contributed by atoms with E-state index < -0.39 is 0 Å². The number of carbonyl (C=O) groups excluding carboxylic acids is 1. The fraction of sp³-hybridized carbons (Fsp3) is 0.455. The molecule has 0 bridgehead atoms. The van der Waals surface area contributed by atoms with Gasteiger partial charge in [-0.15, -0.1) is 11.3 Å². The minimum atomic E-state index is -0.365. The van der Waals surface area contributed by atoms with E-state index in [9.17, 15) is 9.59 Å². The molecule has 2 aromatic heterocycles. The van der Waals surface area contributed by atoms with E-state index in [1.54, 1.807) is 10.3 Å². The number of piperidine rings is 1. The van der Waals surface area contributed by atoms with Crippen molar-refractivity contribution < 1.29 is 4.79 Å². The molecule has 9 heteroatoms. The Balaban J connectivity index is 1.89. The lowest BCUT2D eigenvalue weighted by Crippen LogP contribution is -2.39. The highest BCUT2D eigenvalue weighted by Gasteiger charge is 2.32. The predicted octanol–water partition coefficient (Wildman–Crippen LogP) is 1.58. The number of rotatable bonds is 2. The average Bonchev–Trinajstić information content (AvgIpc) is 3.07. The summed E-state index contributed by atoms with van der Waals surface area (Å²) in [5.74, 6) is 0.321. The first kappa shape index (κ1) is 13.3. The molecule has 0 spiro atoms. The number of hydrogen-bond donors (Lipinski definition) is 2. The molecule has 0 saturated carbocycles. The third kappa shape index (κ3) is 2.48. The van der Waals surface area contributed by atoms with E-state index in [0.717, 1.165) is 19.3 Å². The van der Waals surface area contributed by atoms with Gasteiger partial charge in [0.05, 0.1) is 6.04 Å². The predicted molar refractivity (Wildman–Crippen MR) is 74.0 cm³/mol. The summed E-state index contributed by atoms with van der Waals surface area (Å²) in [5.41, 5.74) is -0.365. The third-order valence-electron chi connectivity index (χ3n) is 3.26. The van der Waals surface area contributed by atoms with Gasteiger partial charge < -0.3 is 4.90 Å². The van der Waals surface area contributed by atoms with E-state index in [4.69, 9.17) is 11.6 Å². The van der Waals surface area contributed by atoms with E-state index in [2.05, 4.69) is 20.2 Å². The van der Waals surface area contributed by atoms with Crippen molar-refractivity contribution in [2.24, 2.45) is 0 Å². The first-order chi connectivity index (χ1) is 9.65. The molecule has 20 heavy (non-hydrogen) atoms. The molecule has 1 saturated heterocycles. The van der Waals surface area contributed by atoms with Gasteiger partial charge in [0.2, 0.25) is 0 Å². The van der Waals surface area contributed by atoms with Gasteiger partial charge in [0.15, 0.2) is 10.8 Å². The monoisotopic (exact) mass is 313 g/mol. The molecule has 0 aromatic carbocycles. The molecule has 1 fully saturated rings. The number of aromatic amines is 2. The molecule has 1 atom stereocenters. The van der Waals surface area contributed by atoms with Crippen LogP contribution in [-0.4, -0.2) is 37.5 Å². The number of halogens is 1. The van der Waals surface area contributed by atoms with Crippen LogP contribution in [0.1, 0.15) is 40.9 Å². The molecular weight excluding hydrogens is 302 g/mol. The zero-order valence-electron chi connectivity index (χ0n) is 10.4. The number of likely N-dealkylation sites (tertiary alicyclic amines) is 1. The lowest BCUT2D eigenvalue weighted by Gasteiger charge is -2.33. The van der Waals surface area contributed by atoms with Crippen molar-refractivity contribution in [1.82, 2.24) is 25.1 Å². The number of H-pyrrole nitrogens is 2. The molecule has 0 radical (unpaired) electrons. The number of thiazole rings is 1. The van der Waals surface area contributed by atoms with Gasteiger partial charge >= 0.3 is 5.69 Å². The van der Waals surface area contributed by atoms with Crippen LogP contribution in [0.4, 0.5) is 0 Å². The molecule has 1 aliphatic heterocycles. The van der Waals surface area contributed by atoms with Gasteiger partial charge in [-0.2, -0.15) is 5.10 Å². The average molecular weight is 314 g/mol. The van der Waals surface area contributed by atoms with Crippen LogP contribution in [0.5, 0.6) is 0 Å². The second-order valence-corrected chi connectivity index (χ2v) is 5.79. The number of hydrogen-bond acceptors (Lipinski definition) is 5. The van der Waals surface area contributed by atoms with Crippen molar-refractivity contribution in [3.63, 3.8) is 0 Å². The normalized spacial score (nSPS) is 19.2. The summed E-state index contributed by atoms with van der Waals surface area (Å²) in [4.78, 5) is 32.0. The molecule has 0 aliphatic carbocycles. The lowest BCUT2D eigenvalue weighted by atomic mass is 10.0. The molecule has 7 nitrogen and oxygen atoms in total. The number of carbonyl (C=O) groups is 1. The maximum absolute atomic E-state index is 12.5. The van der Waals surface area contributed by atoms with Gasteiger partial charge in [-0.05, 0) is 19.3 Å². The van der Waals surface area contributed by atoms with E-state index in [1.807, 2.05) is 0 Å². The molecule has 3 rings (SSSR count). The highest BCUT2D eigenvalue weighted by Crippen LogP contribution is 2.30. The fourth-order valence-electron chi connectivity index (χ4n) is 2.38.